The molecule has 2 rings (SSSR count). The third-order valence-corrected chi connectivity index (χ3v) is 3.01. The van der Waals surface area contributed by atoms with Gasteiger partial charge in [-0.1, -0.05) is 18.2 Å². The van der Waals surface area contributed by atoms with E-state index in [2.05, 4.69) is 29.4 Å². The molecule has 0 aliphatic carbocycles. The van der Waals surface area contributed by atoms with Gasteiger partial charge in [0.15, 0.2) is 0 Å². The molecular formula is C16H20N2O. The van der Waals surface area contributed by atoms with Crippen LogP contribution in [0.5, 0.6) is 5.75 Å². The highest BCUT2D eigenvalue weighted by Gasteiger charge is 2.08. The number of aromatic nitrogens is 1. The van der Waals surface area contributed by atoms with Crippen molar-refractivity contribution in [3.8, 4) is 5.75 Å². The number of hydrogen-bond acceptors (Lipinski definition) is 3. The Kier molecular flexibility index (Phi) is 4.39. The van der Waals surface area contributed by atoms with E-state index < -0.39 is 0 Å². The molecule has 2 aromatic rings. The van der Waals surface area contributed by atoms with Crippen molar-refractivity contribution in [1.82, 2.24) is 4.98 Å². The van der Waals surface area contributed by atoms with Gasteiger partial charge in [0.05, 0.1) is 12.8 Å². The van der Waals surface area contributed by atoms with Crippen LogP contribution in [0.4, 0.5) is 5.69 Å². The molecule has 1 aromatic carbocycles. The van der Waals surface area contributed by atoms with Crippen molar-refractivity contribution in [2.75, 3.05) is 12.4 Å². The smallest absolute Gasteiger partial charge is 0.122 e. The van der Waals surface area contributed by atoms with E-state index in [1.807, 2.05) is 37.5 Å². The molecule has 0 saturated heterocycles. The first-order valence-electron chi connectivity index (χ1n) is 6.49. The number of nitrogens with one attached hydrogen (secondary N) is 1. The predicted octanol–water partition coefficient (Wildman–Crippen LogP) is 3.44. The van der Waals surface area contributed by atoms with Gasteiger partial charge in [-0.2, -0.15) is 0 Å². The minimum atomic E-state index is 0.319. The maximum atomic E-state index is 5.38. The van der Waals surface area contributed by atoms with E-state index in [1.165, 1.54) is 5.56 Å². The molecule has 3 heteroatoms. The Balaban J connectivity index is 2.03. The SMILES string of the molecule is COc1ccccc1CC(C)Nc1cncc(C)c1. The Morgan fingerprint density at radius 3 is 2.79 bits per heavy atom. The molecule has 1 unspecified atom stereocenters. The van der Waals surface area contributed by atoms with Crippen LogP contribution in [0.15, 0.2) is 42.7 Å². The normalized spacial score (nSPS) is 11.9. The summed E-state index contributed by atoms with van der Waals surface area (Å²) in [4.78, 5) is 4.19. The second kappa shape index (κ2) is 6.23. The fourth-order valence-electron chi connectivity index (χ4n) is 2.17. The Morgan fingerprint density at radius 1 is 1.26 bits per heavy atom. The zero-order valence-corrected chi connectivity index (χ0v) is 11.7. The molecular weight excluding hydrogens is 236 g/mol. The number of rotatable bonds is 5. The van der Waals surface area contributed by atoms with E-state index >= 15 is 0 Å². The summed E-state index contributed by atoms with van der Waals surface area (Å²) in [7, 11) is 1.71. The first kappa shape index (κ1) is 13.4. The quantitative estimate of drug-likeness (QED) is 0.889. The van der Waals surface area contributed by atoms with Gasteiger partial charge in [0.25, 0.3) is 0 Å². The van der Waals surface area contributed by atoms with Gasteiger partial charge < -0.3 is 10.1 Å². The van der Waals surface area contributed by atoms with Gasteiger partial charge >= 0.3 is 0 Å². The molecule has 3 nitrogen and oxygen atoms in total. The number of pyridine rings is 1. The molecule has 0 saturated carbocycles. The van der Waals surface area contributed by atoms with Gasteiger partial charge in [-0.3, -0.25) is 4.98 Å². The lowest BCUT2D eigenvalue weighted by Gasteiger charge is -2.17. The Bertz CT molecular complexity index is 540. The van der Waals surface area contributed by atoms with Crippen LogP contribution in [0, 0.1) is 6.92 Å². The van der Waals surface area contributed by atoms with Gasteiger partial charge in [-0.25, -0.2) is 0 Å². The van der Waals surface area contributed by atoms with Crippen LogP contribution in [0.3, 0.4) is 0 Å². The number of methoxy groups -OCH3 is 1. The van der Waals surface area contributed by atoms with Crippen molar-refractivity contribution in [1.29, 1.82) is 0 Å². The van der Waals surface area contributed by atoms with Crippen molar-refractivity contribution in [2.24, 2.45) is 0 Å². The van der Waals surface area contributed by atoms with E-state index in [-0.39, 0.29) is 0 Å². The Morgan fingerprint density at radius 2 is 2.05 bits per heavy atom. The number of aryl methyl sites for hydroxylation is 1. The molecule has 0 radical (unpaired) electrons. The van der Waals surface area contributed by atoms with Crippen LogP contribution >= 0.6 is 0 Å². The van der Waals surface area contributed by atoms with Crippen LogP contribution in [0.1, 0.15) is 18.1 Å². The number of anilines is 1. The van der Waals surface area contributed by atoms with Crippen LogP contribution in [-0.2, 0) is 6.42 Å². The third kappa shape index (κ3) is 3.71. The average Bonchev–Trinajstić information content (AvgIpc) is 2.39. The summed E-state index contributed by atoms with van der Waals surface area (Å²) < 4.78 is 5.38. The highest BCUT2D eigenvalue weighted by atomic mass is 16.5. The van der Waals surface area contributed by atoms with Crippen molar-refractivity contribution >= 4 is 5.69 Å². The maximum Gasteiger partial charge on any atom is 0.122 e. The van der Waals surface area contributed by atoms with Crippen molar-refractivity contribution in [2.45, 2.75) is 26.3 Å². The van der Waals surface area contributed by atoms with Gasteiger partial charge in [0.2, 0.25) is 0 Å². The molecule has 0 bridgehead atoms. The van der Waals surface area contributed by atoms with Gasteiger partial charge in [0.1, 0.15) is 5.75 Å². The highest BCUT2D eigenvalue weighted by molar-refractivity contribution is 5.44. The van der Waals surface area contributed by atoms with Crippen LogP contribution in [0.2, 0.25) is 0 Å². The summed E-state index contributed by atoms with van der Waals surface area (Å²) in [6.07, 6.45) is 4.62. The summed E-state index contributed by atoms with van der Waals surface area (Å²) in [5.74, 6) is 0.943. The van der Waals surface area contributed by atoms with Gasteiger partial charge in [0, 0.05) is 18.4 Å². The van der Waals surface area contributed by atoms with Gasteiger partial charge in [-0.05, 0) is 43.5 Å². The minimum absolute atomic E-state index is 0.319. The summed E-state index contributed by atoms with van der Waals surface area (Å²) in [6.45, 7) is 4.21. The summed E-state index contributed by atoms with van der Waals surface area (Å²) in [6, 6.07) is 10.6. The molecule has 0 aliphatic heterocycles. The fraction of sp³-hybridized carbons (Fsp3) is 0.312. The highest BCUT2D eigenvalue weighted by Crippen LogP contribution is 2.20. The summed E-state index contributed by atoms with van der Waals surface area (Å²) in [5, 5.41) is 3.46. The minimum Gasteiger partial charge on any atom is -0.496 e. The van der Waals surface area contributed by atoms with Crippen molar-refractivity contribution in [3.05, 3.63) is 53.9 Å². The molecule has 100 valence electrons. The third-order valence-electron chi connectivity index (χ3n) is 3.01. The average molecular weight is 256 g/mol. The first-order valence-corrected chi connectivity index (χ1v) is 6.49. The van der Waals surface area contributed by atoms with E-state index in [0.717, 1.165) is 23.4 Å². The van der Waals surface area contributed by atoms with E-state index in [0.29, 0.717) is 6.04 Å². The lowest BCUT2D eigenvalue weighted by atomic mass is 10.1. The largest absolute Gasteiger partial charge is 0.496 e. The molecule has 0 amide bonds. The standard InChI is InChI=1S/C16H20N2O/c1-12-8-15(11-17-10-12)18-13(2)9-14-6-4-5-7-16(14)19-3/h4-8,10-11,13,18H,9H2,1-3H3. The van der Waals surface area contributed by atoms with E-state index in [4.69, 9.17) is 4.74 Å². The molecule has 19 heavy (non-hydrogen) atoms. The maximum absolute atomic E-state index is 5.38. The molecule has 1 aromatic heterocycles. The number of nitrogens with zero attached hydrogens (tertiary/aromatic N) is 1. The zero-order chi connectivity index (χ0) is 13.7. The lowest BCUT2D eigenvalue weighted by Crippen LogP contribution is -2.18. The Hall–Kier alpha value is -2.03. The van der Waals surface area contributed by atoms with E-state index in [9.17, 15) is 0 Å². The number of hydrogen-bond donors (Lipinski definition) is 1. The zero-order valence-electron chi connectivity index (χ0n) is 11.7. The molecule has 0 aliphatic rings. The summed E-state index contributed by atoms with van der Waals surface area (Å²) in [5.41, 5.74) is 3.43. The second-order valence-electron chi connectivity index (χ2n) is 4.81. The Labute approximate surface area is 114 Å². The van der Waals surface area contributed by atoms with Crippen LogP contribution in [0.25, 0.3) is 0 Å². The van der Waals surface area contributed by atoms with Crippen LogP contribution < -0.4 is 10.1 Å². The molecule has 0 spiro atoms. The monoisotopic (exact) mass is 256 g/mol. The number of benzene rings is 1. The summed E-state index contributed by atoms with van der Waals surface area (Å²) >= 11 is 0. The molecule has 1 N–H and O–H groups in total. The van der Waals surface area contributed by atoms with E-state index in [1.54, 1.807) is 7.11 Å². The molecule has 1 atom stereocenters. The topological polar surface area (TPSA) is 34.1 Å². The molecule has 0 fully saturated rings. The number of ether oxygens (including phenoxy) is 1. The second-order valence-corrected chi connectivity index (χ2v) is 4.81. The number of para-hydroxylation sites is 1. The van der Waals surface area contributed by atoms with Gasteiger partial charge in [-0.15, -0.1) is 0 Å². The predicted molar refractivity (Wildman–Crippen MR) is 78.8 cm³/mol. The first-order chi connectivity index (χ1) is 9.19. The molecule has 1 heterocycles. The fourth-order valence-corrected chi connectivity index (χ4v) is 2.17. The van der Waals surface area contributed by atoms with Crippen molar-refractivity contribution < 1.29 is 4.74 Å². The van der Waals surface area contributed by atoms with Crippen LogP contribution in [-0.4, -0.2) is 18.1 Å². The lowest BCUT2D eigenvalue weighted by molar-refractivity contribution is 0.409. The van der Waals surface area contributed by atoms with Crippen molar-refractivity contribution in [3.63, 3.8) is 0 Å².